The third-order valence-corrected chi connectivity index (χ3v) is 5.69. The summed E-state index contributed by atoms with van der Waals surface area (Å²) in [6.07, 6.45) is 4.76. The Kier molecular flexibility index (Phi) is 5.71. The average molecular weight is 408 g/mol. The van der Waals surface area contributed by atoms with Crippen LogP contribution in [0.2, 0.25) is 0 Å². The number of fused-ring (bicyclic) bond motifs is 2. The molecule has 5 heteroatoms. The zero-order chi connectivity index (χ0) is 21.1. The normalized spacial score (nSPS) is 20.2. The van der Waals surface area contributed by atoms with Gasteiger partial charge in [-0.05, 0) is 69.0 Å². The molecule has 0 saturated heterocycles. The lowest BCUT2D eigenvalue weighted by Gasteiger charge is -2.42. The van der Waals surface area contributed by atoms with Crippen molar-refractivity contribution in [2.75, 3.05) is 24.7 Å². The van der Waals surface area contributed by atoms with Gasteiger partial charge in [0.05, 0.1) is 13.2 Å². The second kappa shape index (κ2) is 8.42. The van der Waals surface area contributed by atoms with E-state index in [1.54, 1.807) is 13.0 Å². The lowest BCUT2D eigenvalue weighted by molar-refractivity contribution is -0.142. The standard InChI is InChI=1S/C25H29NO4/c1-4-28-23(24(27)29-5-2)16-18-12-13-22-20(15-18)17-25(3,30-22)26-14-8-10-19-9-6-7-11-21(19)26/h6-7,9,11-13,15-16H,4-5,8,10,14,17H2,1-3H3. The summed E-state index contributed by atoms with van der Waals surface area (Å²) in [6.45, 7) is 7.50. The Morgan fingerprint density at radius 3 is 2.73 bits per heavy atom. The summed E-state index contributed by atoms with van der Waals surface area (Å²) >= 11 is 0. The number of benzene rings is 2. The van der Waals surface area contributed by atoms with E-state index >= 15 is 0 Å². The van der Waals surface area contributed by atoms with Crippen molar-refractivity contribution in [3.8, 4) is 5.75 Å². The van der Waals surface area contributed by atoms with E-state index in [1.165, 1.54) is 11.3 Å². The second-order valence-electron chi connectivity index (χ2n) is 7.87. The highest BCUT2D eigenvalue weighted by atomic mass is 16.6. The van der Waals surface area contributed by atoms with Crippen LogP contribution in [0.15, 0.2) is 48.2 Å². The summed E-state index contributed by atoms with van der Waals surface area (Å²) < 4.78 is 17.1. The van der Waals surface area contributed by atoms with Crippen LogP contribution in [0, 0.1) is 0 Å². The zero-order valence-electron chi connectivity index (χ0n) is 17.9. The molecule has 0 radical (unpaired) electrons. The van der Waals surface area contributed by atoms with Gasteiger partial charge in [0.1, 0.15) is 5.75 Å². The van der Waals surface area contributed by atoms with Crippen LogP contribution in [0.4, 0.5) is 5.69 Å². The molecule has 0 fully saturated rings. The number of nitrogens with zero attached hydrogens (tertiary/aromatic N) is 1. The van der Waals surface area contributed by atoms with Gasteiger partial charge in [-0.3, -0.25) is 0 Å². The quantitative estimate of drug-likeness (QED) is 0.394. The van der Waals surface area contributed by atoms with Gasteiger partial charge >= 0.3 is 5.97 Å². The van der Waals surface area contributed by atoms with Crippen molar-refractivity contribution in [1.82, 2.24) is 0 Å². The third kappa shape index (κ3) is 3.89. The van der Waals surface area contributed by atoms with Crippen molar-refractivity contribution >= 4 is 17.7 Å². The maximum atomic E-state index is 12.2. The molecule has 0 amide bonds. The molecular formula is C25H29NO4. The molecule has 0 aliphatic carbocycles. The first-order valence-electron chi connectivity index (χ1n) is 10.7. The van der Waals surface area contributed by atoms with E-state index in [2.05, 4.69) is 42.2 Å². The van der Waals surface area contributed by atoms with E-state index in [0.29, 0.717) is 13.2 Å². The van der Waals surface area contributed by atoms with E-state index in [1.807, 2.05) is 19.1 Å². The maximum Gasteiger partial charge on any atom is 0.373 e. The Balaban J connectivity index is 1.60. The van der Waals surface area contributed by atoms with Gasteiger partial charge in [0.25, 0.3) is 0 Å². The Morgan fingerprint density at radius 1 is 1.13 bits per heavy atom. The first kappa shape index (κ1) is 20.3. The largest absolute Gasteiger partial charge is 0.487 e. The molecule has 30 heavy (non-hydrogen) atoms. The van der Waals surface area contributed by atoms with Crippen LogP contribution in [0.3, 0.4) is 0 Å². The third-order valence-electron chi connectivity index (χ3n) is 5.69. The topological polar surface area (TPSA) is 48.0 Å². The van der Waals surface area contributed by atoms with Gasteiger partial charge in [0.2, 0.25) is 5.76 Å². The molecule has 5 nitrogen and oxygen atoms in total. The van der Waals surface area contributed by atoms with Crippen LogP contribution >= 0.6 is 0 Å². The second-order valence-corrected chi connectivity index (χ2v) is 7.87. The Bertz CT molecular complexity index is 967. The summed E-state index contributed by atoms with van der Waals surface area (Å²) in [5.74, 6) is 0.684. The predicted molar refractivity (Wildman–Crippen MR) is 118 cm³/mol. The lowest BCUT2D eigenvalue weighted by atomic mass is 9.96. The number of anilines is 1. The summed E-state index contributed by atoms with van der Waals surface area (Å²) in [5.41, 5.74) is 4.25. The average Bonchev–Trinajstić information content (AvgIpc) is 3.09. The fourth-order valence-corrected chi connectivity index (χ4v) is 4.40. The minimum atomic E-state index is -0.439. The van der Waals surface area contributed by atoms with Gasteiger partial charge in [0, 0.05) is 24.2 Å². The van der Waals surface area contributed by atoms with Crippen molar-refractivity contribution in [2.24, 2.45) is 0 Å². The van der Waals surface area contributed by atoms with E-state index in [-0.39, 0.29) is 5.76 Å². The van der Waals surface area contributed by atoms with Crippen molar-refractivity contribution in [3.63, 3.8) is 0 Å². The van der Waals surface area contributed by atoms with Crippen molar-refractivity contribution in [2.45, 2.75) is 45.8 Å². The maximum absolute atomic E-state index is 12.2. The van der Waals surface area contributed by atoms with Gasteiger partial charge in [-0.2, -0.15) is 0 Å². The van der Waals surface area contributed by atoms with Crippen molar-refractivity contribution < 1.29 is 19.0 Å². The molecule has 0 saturated carbocycles. The number of hydrogen-bond donors (Lipinski definition) is 0. The number of aryl methyl sites for hydroxylation is 1. The fraction of sp³-hybridized carbons (Fsp3) is 0.400. The molecular weight excluding hydrogens is 378 g/mol. The molecule has 0 aromatic heterocycles. The van der Waals surface area contributed by atoms with Gasteiger partial charge in [-0.1, -0.05) is 24.3 Å². The molecule has 2 aliphatic rings. The molecule has 2 aromatic rings. The van der Waals surface area contributed by atoms with Gasteiger partial charge in [-0.25, -0.2) is 4.79 Å². The number of esters is 1. The summed E-state index contributed by atoms with van der Waals surface area (Å²) in [7, 11) is 0. The zero-order valence-corrected chi connectivity index (χ0v) is 17.9. The number of ether oxygens (including phenoxy) is 3. The van der Waals surface area contributed by atoms with Crippen molar-refractivity contribution in [1.29, 1.82) is 0 Å². The lowest BCUT2D eigenvalue weighted by Crippen LogP contribution is -2.52. The Morgan fingerprint density at radius 2 is 1.93 bits per heavy atom. The minimum Gasteiger partial charge on any atom is -0.487 e. The SMILES string of the molecule is CCOC(=O)C(=Cc1ccc2c(c1)CC(C)(N1CCCc3ccccc31)O2)OCC. The minimum absolute atomic E-state index is 0.228. The number of rotatable bonds is 6. The smallest absolute Gasteiger partial charge is 0.373 e. The van der Waals surface area contributed by atoms with E-state index < -0.39 is 11.7 Å². The van der Waals surface area contributed by atoms with E-state index in [4.69, 9.17) is 14.2 Å². The van der Waals surface area contributed by atoms with E-state index in [0.717, 1.165) is 42.7 Å². The number of para-hydroxylation sites is 1. The first-order valence-corrected chi connectivity index (χ1v) is 10.7. The molecule has 0 N–H and O–H groups in total. The highest BCUT2D eigenvalue weighted by molar-refractivity contribution is 5.91. The van der Waals surface area contributed by atoms with Gasteiger partial charge in [0.15, 0.2) is 5.72 Å². The van der Waals surface area contributed by atoms with Crippen LogP contribution in [-0.4, -0.2) is 31.5 Å². The molecule has 158 valence electrons. The fourth-order valence-electron chi connectivity index (χ4n) is 4.40. The molecule has 1 atom stereocenters. The molecule has 2 aliphatic heterocycles. The predicted octanol–water partition coefficient (Wildman–Crippen LogP) is 4.73. The Labute approximate surface area is 178 Å². The highest BCUT2D eigenvalue weighted by Crippen LogP contribution is 2.42. The number of hydrogen-bond acceptors (Lipinski definition) is 5. The van der Waals surface area contributed by atoms with E-state index in [9.17, 15) is 4.79 Å². The summed E-state index contributed by atoms with van der Waals surface area (Å²) in [4.78, 5) is 14.5. The summed E-state index contributed by atoms with van der Waals surface area (Å²) in [6, 6.07) is 14.6. The van der Waals surface area contributed by atoms with Crippen LogP contribution in [0.25, 0.3) is 6.08 Å². The van der Waals surface area contributed by atoms with Crippen molar-refractivity contribution in [3.05, 3.63) is 64.9 Å². The van der Waals surface area contributed by atoms with Crippen LogP contribution < -0.4 is 9.64 Å². The molecule has 0 bridgehead atoms. The monoisotopic (exact) mass is 407 g/mol. The van der Waals surface area contributed by atoms with Crippen LogP contribution in [0.1, 0.15) is 43.9 Å². The van der Waals surface area contributed by atoms with Gasteiger partial charge < -0.3 is 19.1 Å². The summed E-state index contributed by atoms with van der Waals surface area (Å²) in [5, 5.41) is 0. The Hall–Kier alpha value is -2.95. The van der Waals surface area contributed by atoms with Crippen LogP contribution in [0.5, 0.6) is 5.75 Å². The van der Waals surface area contributed by atoms with Gasteiger partial charge in [-0.15, -0.1) is 0 Å². The molecule has 0 spiro atoms. The molecule has 2 heterocycles. The molecule has 1 unspecified atom stereocenters. The van der Waals surface area contributed by atoms with Crippen LogP contribution in [-0.2, 0) is 27.1 Å². The number of carbonyl (C=O) groups is 1. The molecule has 4 rings (SSSR count). The number of carbonyl (C=O) groups excluding carboxylic acids is 1. The molecule has 2 aromatic carbocycles. The highest BCUT2D eigenvalue weighted by Gasteiger charge is 2.42. The first-order chi connectivity index (χ1) is 14.5.